The van der Waals surface area contributed by atoms with E-state index in [4.69, 9.17) is 4.74 Å². The topological polar surface area (TPSA) is 90.3 Å². The van der Waals surface area contributed by atoms with Gasteiger partial charge in [-0.2, -0.15) is 0 Å². The second-order valence-corrected chi connectivity index (χ2v) is 4.72. The third kappa shape index (κ3) is 3.49. The average Bonchev–Trinajstić information content (AvgIpc) is 2.50. The monoisotopic (exact) mass is 303 g/mol. The van der Waals surface area contributed by atoms with E-state index < -0.39 is 12.1 Å². The van der Waals surface area contributed by atoms with E-state index in [-0.39, 0.29) is 18.0 Å². The zero-order valence-corrected chi connectivity index (χ0v) is 12.4. The second kappa shape index (κ2) is 6.84. The minimum atomic E-state index is -0.906. The Balaban J connectivity index is 2.11. The first-order valence-corrected chi connectivity index (χ1v) is 6.94. The van der Waals surface area contributed by atoms with Crippen LogP contribution < -0.4 is 10.9 Å². The number of carbonyl (C=O) groups is 2. The molecule has 0 radical (unpaired) electrons. The highest BCUT2D eigenvalue weighted by atomic mass is 16.5. The Bertz CT molecular complexity index is 754. The molecule has 1 heterocycles. The molecule has 1 aromatic carbocycles. The van der Waals surface area contributed by atoms with Gasteiger partial charge in [0.25, 0.3) is 11.5 Å². The first-order chi connectivity index (χ1) is 10.5. The molecule has 0 fully saturated rings. The number of ether oxygens (including phenoxy) is 1. The van der Waals surface area contributed by atoms with Crippen molar-refractivity contribution in [3.05, 3.63) is 40.9 Å². The molecule has 7 nitrogen and oxygen atoms in total. The van der Waals surface area contributed by atoms with Crippen LogP contribution in [0.3, 0.4) is 0 Å². The van der Waals surface area contributed by atoms with Crippen LogP contribution in [0, 0.1) is 0 Å². The number of para-hydroxylation sites is 1. The molecule has 0 saturated heterocycles. The Kier molecular flexibility index (Phi) is 4.88. The van der Waals surface area contributed by atoms with E-state index in [1.54, 1.807) is 31.2 Å². The van der Waals surface area contributed by atoms with E-state index in [2.05, 4.69) is 10.3 Å². The first kappa shape index (κ1) is 15.7. The van der Waals surface area contributed by atoms with Gasteiger partial charge in [0.05, 0.1) is 17.2 Å². The lowest BCUT2D eigenvalue weighted by atomic mass is 10.2. The lowest BCUT2D eigenvalue weighted by Gasteiger charge is -2.13. The predicted molar refractivity (Wildman–Crippen MR) is 80.2 cm³/mol. The van der Waals surface area contributed by atoms with E-state index in [1.165, 1.54) is 13.3 Å². The number of aromatic nitrogens is 2. The fourth-order valence-electron chi connectivity index (χ4n) is 1.96. The van der Waals surface area contributed by atoms with Gasteiger partial charge in [0, 0.05) is 6.54 Å². The molecule has 1 N–H and O–H groups in total. The molecule has 0 bridgehead atoms. The lowest BCUT2D eigenvalue weighted by molar-refractivity contribution is -0.155. The SMILES string of the molecule is CCNC(=O)[C@@H](C)OC(=O)Cn1cnc2ccccc2c1=O. The van der Waals surface area contributed by atoms with Crippen molar-refractivity contribution < 1.29 is 14.3 Å². The number of fused-ring (bicyclic) bond motifs is 1. The van der Waals surface area contributed by atoms with Crippen molar-refractivity contribution in [2.24, 2.45) is 0 Å². The maximum atomic E-state index is 12.2. The highest BCUT2D eigenvalue weighted by Gasteiger charge is 2.17. The fourth-order valence-corrected chi connectivity index (χ4v) is 1.96. The molecule has 7 heteroatoms. The number of hydrogen-bond acceptors (Lipinski definition) is 5. The van der Waals surface area contributed by atoms with Crippen LogP contribution in [0.4, 0.5) is 0 Å². The first-order valence-electron chi connectivity index (χ1n) is 6.94. The third-order valence-electron chi connectivity index (χ3n) is 3.06. The average molecular weight is 303 g/mol. The van der Waals surface area contributed by atoms with Gasteiger partial charge in [-0.15, -0.1) is 0 Å². The van der Waals surface area contributed by atoms with Crippen LogP contribution in [0.5, 0.6) is 0 Å². The Labute approximate surface area is 126 Å². The van der Waals surface area contributed by atoms with Crippen LogP contribution >= 0.6 is 0 Å². The minimum Gasteiger partial charge on any atom is -0.451 e. The molecule has 0 unspecified atom stereocenters. The maximum Gasteiger partial charge on any atom is 0.326 e. The molecule has 22 heavy (non-hydrogen) atoms. The highest BCUT2D eigenvalue weighted by Crippen LogP contribution is 2.04. The Morgan fingerprint density at radius 3 is 2.82 bits per heavy atom. The number of amides is 1. The van der Waals surface area contributed by atoms with E-state index in [0.717, 1.165) is 4.57 Å². The van der Waals surface area contributed by atoms with Gasteiger partial charge in [0.2, 0.25) is 0 Å². The summed E-state index contributed by atoms with van der Waals surface area (Å²) >= 11 is 0. The summed E-state index contributed by atoms with van der Waals surface area (Å²) in [5, 5.41) is 2.98. The summed E-state index contributed by atoms with van der Waals surface area (Å²) in [6.45, 7) is 3.41. The number of carbonyl (C=O) groups excluding carboxylic acids is 2. The molecular weight excluding hydrogens is 286 g/mol. The van der Waals surface area contributed by atoms with Crippen LogP contribution in [0.15, 0.2) is 35.4 Å². The van der Waals surface area contributed by atoms with Crippen molar-refractivity contribution in [1.29, 1.82) is 0 Å². The summed E-state index contributed by atoms with van der Waals surface area (Å²) in [5.41, 5.74) is 0.237. The van der Waals surface area contributed by atoms with Gasteiger partial charge in [-0.1, -0.05) is 12.1 Å². The molecule has 116 valence electrons. The quantitative estimate of drug-likeness (QED) is 0.811. The van der Waals surface area contributed by atoms with Crippen molar-refractivity contribution in [1.82, 2.24) is 14.9 Å². The molecule has 2 rings (SSSR count). The van der Waals surface area contributed by atoms with E-state index in [9.17, 15) is 14.4 Å². The summed E-state index contributed by atoms with van der Waals surface area (Å²) in [4.78, 5) is 39.7. The summed E-state index contributed by atoms with van der Waals surface area (Å²) in [6, 6.07) is 6.87. The standard InChI is InChI=1S/C15H17N3O4/c1-3-16-14(20)10(2)22-13(19)8-18-9-17-12-7-5-4-6-11(12)15(18)21/h4-7,9-10H,3,8H2,1-2H3,(H,16,20)/t10-/m1/s1. The summed E-state index contributed by atoms with van der Waals surface area (Å²) < 4.78 is 6.16. The van der Waals surface area contributed by atoms with Gasteiger partial charge in [0.15, 0.2) is 6.10 Å². The number of esters is 1. The van der Waals surface area contributed by atoms with Gasteiger partial charge < -0.3 is 10.1 Å². The van der Waals surface area contributed by atoms with Crippen molar-refractivity contribution >= 4 is 22.8 Å². The van der Waals surface area contributed by atoms with Gasteiger partial charge in [-0.3, -0.25) is 19.0 Å². The van der Waals surface area contributed by atoms with Crippen LogP contribution in [0.1, 0.15) is 13.8 Å². The van der Waals surface area contributed by atoms with Crippen molar-refractivity contribution in [3.8, 4) is 0 Å². The zero-order chi connectivity index (χ0) is 16.1. The largest absolute Gasteiger partial charge is 0.451 e. The molecule has 0 aliphatic carbocycles. The van der Waals surface area contributed by atoms with Crippen LogP contribution in [-0.4, -0.2) is 34.1 Å². The fraction of sp³-hybridized carbons (Fsp3) is 0.333. The molecule has 1 aromatic heterocycles. The number of nitrogens with zero attached hydrogens (tertiary/aromatic N) is 2. The van der Waals surface area contributed by atoms with Gasteiger partial charge in [-0.05, 0) is 26.0 Å². The highest BCUT2D eigenvalue weighted by molar-refractivity contribution is 5.83. The smallest absolute Gasteiger partial charge is 0.326 e. The molecule has 0 aliphatic rings. The van der Waals surface area contributed by atoms with Crippen LogP contribution in [0.2, 0.25) is 0 Å². The van der Waals surface area contributed by atoms with E-state index in [1.807, 2.05) is 0 Å². The minimum absolute atomic E-state index is 0.291. The summed E-state index contributed by atoms with van der Waals surface area (Å²) in [6.07, 6.45) is 0.388. The molecule has 1 amide bonds. The number of rotatable bonds is 5. The second-order valence-electron chi connectivity index (χ2n) is 4.72. The van der Waals surface area contributed by atoms with E-state index in [0.29, 0.717) is 17.4 Å². The molecule has 0 aliphatic heterocycles. The zero-order valence-electron chi connectivity index (χ0n) is 12.4. The number of benzene rings is 1. The third-order valence-corrected chi connectivity index (χ3v) is 3.06. The van der Waals surface area contributed by atoms with Crippen LogP contribution in [-0.2, 0) is 20.9 Å². The molecule has 0 saturated carbocycles. The predicted octanol–water partition coefficient (Wildman–Crippen LogP) is 0.464. The van der Waals surface area contributed by atoms with Gasteiger partial charge in [-0.25, -0.2) is 4.98 Å². The summed E-state index contributed by atoms with van der Waals surface area (Å²) in [7, 11) is 0. The van der Waals surface area contributed by atoms with Gasteiger partial charge >= 0.3 is 5.97 Å². The Morgan fingerprint density at radius 2 is 2.09 bits per heavy atom. The summed E-state index contributed by atoms with van der Waals surface area (Å²) in [5.74, 6) is -1.04. The van der Waals surface area contributed by atoms with Crippen molar-refractivity contribution in [2.75, 3.05) is 6.54 Å². The number of likely N-dealkylation sites (N-methyl/N-ethyl adjacent to an activating group) is 1. The normalized spacial score (nSPS) is 11.9. The van der Waals surface area contributed by atoms with Crippen LogP contribution in [0.25, 0.3) is 10.9 Å². The number of nitrogens with one attached hydrogen (secondary N) is 1. The number of hydrogen-bond donors (Lipinski definition) is 1. The molecule has 2 aromatic rings. The van der Waals surface area contributed by atoms with Crippen molar-refractivity contribution in [2.45, 2.75) is 26.5 Å². The molecule has 0 spiro atoms. The molecular formula is C15H17N3O4. The van der Waals surface area contributed by atoms with Gasteiger partial charge in [0.1, 0.15) is 6.54 Å². The Morgan fingerprint density at radius 1 is 1.36 bits per heavy atom. The maximum absolute atomic E-state index is 12.2. The van der Waals surface area contributed by atoms with Crippen molar-refractivity contribution in [3.63, 3.8) is 0 Å². The lowest BCUT2D eigenvalue weighted by Crippen LogP contribution is -2.37. The molecule has 1 atom stereocenters. The Hall–Kier alpha value is -2.70. The van der Waals surface area contributed by atoms with E-state index >= 15 is 0 Å².